The highest BCUT2D eigenvalue weighted by Crippen LogP contribution is 2.28. The van der Waals surface area contributed by atoms with Crippen LogP contribution in [-0.2, 0) is 11.2 Å². The van der Waals surface area contributed by atoms with E-state index >= 15 is 0 Å². The average molecular weight is 359 g/mol. The molecule has 0 aliphatic heterocycles. The van der Waals surface area contributed by atoms with Crippen molar-refractivity contribution in [3.8, 4) is 0 Å². The third-order valence-electron chi connectivity index (χ3n) is 3.12. The lowest BCUT2D eigenvalue weighted by molar-refractivity contribution is -0.138. The molecule has 2 aromatic carbocycles. The maximum atomic E-state index is 13.9. The Morgan fingerprint density at radius 2 is 1.71 bits per heavy atom. The fourth-order valence-electron chi connectivity index (χ4n) is 2.00. The number of aliphatic carboxylic acids is 1. The minimum atomic E-state index is -1.24. The van der Waals surface area contributed by atoms with Crippen LogP contribution in [0.1, 0.15) is 17.0 Å². The van der Waals surface area contributed by atoms with E-state index < -0.39 is 29.3 Å². The van der Waals surface area contributed by atoms with Crippen molar-refractivity contribution in [3.05, 3.63) is 69.4 Å². The van der Waals surface area contributed by atoms with Gasteiger partial charge in [-0.15, -0.1) is 0 Å². The number of rotatable bonds is 4. The molecule has 0 radical (unpaired) electrons. The number of carboxylic acid groups (broad SMARTS) is 1. The molecule has 0 bridgehead atoms. The number of halogens is 4. The van der Waals surface area contributed by atoms with Gasteiger partial charge in [-0.2, -0.15) is 0 Å². The smallest absolute Gasteiger partial charge is 0.311 e. The molecule has 2 nitrogen and oxygen atoms in total. The van der Waals surface area contributed by atoms with E-state index in [-0.39, 0.29) is 22.0 Å². The van der Waals surface area contributed by atoms with Gasteiger partial charge in [0.15, 0.2) is 0 Å². The number of carboxylic acids is 1. The van der Waals surface area contributed by atoms with Gasteiger partial charge in [0.05, 0.1) is 10.4 Å². The molecule has 0 aromatic heterocycles. The molecule has 0 spiro atoms. The molecule has 1 unspecified atom stereocenters. The fourth-order valence-corrected chi connectivity index (χ4v) is 2.37. The molecule has 0 saturated carbocycles. The fraction of sp³-hybridized carbons (Fsp3) is 0.133. The van der Waals surface area contributed by atoms with E-state index in [0.29, 0.717) is 0 Å². The highest BCUT2D eigenvalue weighted by atomic mass is 79.9. The minimum absolute atomic E-state index is 0.0575. The monoisotopic (exact) mass is 358 g/mol. The maximum Gasteiger partial charge on any atom is 0.311 e. The van der Waals surface area contributed by atoms with Gasteiger partial charge in [0.1, 0.15) is 17.5 Å². The Balaban J connectivity index is 2.40. The van der Waals surface area contributed by atoms with Crippen LogP contribution in [0, 0.1) is 17.5 Å². The third kappa shape index (κ3) is 3.44. The second-order valence-electron chi connectivity index (χ2n) is 4.47. The van der Waals surface area contributed by atoms with E-state index in [2.05, 4.69) is 15.9 Å². The quantitative estimate of drug-likeness (QED) is 0.828. The van der Waals surface area contributed by atoms with Gasteiger partial charge in [-0.25, -0.2) is 13.2 Å². The van der Waals surface area contributed by atoms with Crippen LogP contribution in [-0.4, -0.2) is 11.1 Å². The first-order valence-corrected chi connectivity index (χ1v) is 6.80. The van der Waals surface area contributed by atoms with Crippen LogP contribution in [0.3, 0.4) is 0 Å². The molecule has 2 aromatic rings. The SMILES string of the molecule is O=C(O)C(Cc1c(F)ccc(Br)c1F)c1ccc(F)cc1. The van der Waals surface area contributed by atoms with Crippen LogP contribution >= 0.6 is 15.9 Å². The summed E-state index contributed by atoms with van der Waals surface area (Å²) in [5.74, 6) is -4.56. The highest BCUT2D eigenvalue weighted by Gasteiger charge is 2.24. The Labute approximate surface area is 127 Å². The third-order valence-corrected chi connectivity index (χ3v) is 3.73. The predicted octanol–water partition coefficient (Wildman–Crippen LogP) is 4.28. The van der Waals surface area contributed by atoms with Crippen LogP contribution in [0.15, 0.2) is 40.9 Å². The molecule has 6 heteroatoms. The zero-order chi connectivity index (χ0) is 15.6. The highest BCUT2D eigenvalue weighted by molar-refractivity contribution is 9.10. The Kier molecular flexibility index (Phi) is 4.67. The predicted molar refractivity (Wildman–Crippen MR) is 74.5 cm³/mol. The van der Waals surface area contributed by atoms with Crippen LogP contribution in [0.2, 0.25) is 0 Å². The summed E-state index contributed by atoms with van der Waals surface area (Å²) in [5, 5.41) is 9.26. The maximum absolute atomic E-state index is 13.9. The van der Waals surface area contributed by atoms with Crippen molar-refractivity contribution in [1.82, 2.24) is 0 Å². The Morgan fingerprint density at radius 3 is 2.29 bits per heavy atom. The van der Waals surface area contributed by atoms with Gasteiger partial charge in [0, 0.05) is 5.56 Å². The van der Waals surface area contributed by atoms with E-state index in [4.69, 9.17) is 0 Å². The van der Waals surface area contributed by atoms with Crippen LogP contribution in [0.4, 0.5) is 13.2 Å². The van der Waals surface area contributed by atoms with Crippen molar-refractivity contribution in [2.75, 3.05) is 0 Å². The molecule has 1 atom stereocenters. The molecular formula is C15H10BrF3O2. The topological polar surface area (TPSA) is 37.3 Å². The average Bonchev–Trinajstić information content (AvgIpc) is 2.44. The van der Waals surface area contributed by atoms with Crippen LogP contribution < -0.4 is 0 Å². The second kappa shape index (κ2) is 6.30. The van der Waals surface area contributed by atoms with Gasteiger partial charge in [0.25, 0.3) is 0 Å². The lowest BCUT2D eigenvalue weighted by Crippen LogP contribution is -2.16. The summed E-state index contributed by atoms with van der Waals surface area (Å²) in [7, 11) is 0. The van der Waals surface area contributed by atoms with Crippen molar-refractivity contribution in [2.45, 2.75) is 12.3 Å². The van der Waals surface area contributed by atoms with Gasteiger partial charge in [-0.05, 0) is 52.2 Å². The summed E-state index contributed by atoms with van der Waals surface area (Å²) >= 11 is 2.93. The number of benzene rings is 2. The molecule has 0 fully saturated rings. The van der Waals surface area contributed by atoms with Crippen molar-refractivity contribution < 1.29 is 23.1 Å². The van der Waals surface area contributed by atoms with Crippen molar-refractivity contribution in [2.24, 2.45) is 0 Å². The van der Waals surface area contributed by atoms with Crippen molar-refractivity contribution in [1.29, 1.82) is 0 Å². The van der Waals surface area contributed by atoms with E-state index in [1.54, 1.807) is 0 Å². The summed E-state index contributed by atoms with van der Waals surface area (Å²) in [6.07, 6.45) is -0.363. The van der Waals surface area contributed by atoms with Gasteiger partial charge < -0.3 is 5.11 Å². The van der Waals surface area contributed by atoms with Gasteiger partial charge in [0.2, 0.25) is 0 Å². The minimum Gasteiger partial charge on any atom is -0.481 e. The molecule has 1 N–H and O–H groups in total. The first-order valence-electron chi connectivity index (χ1n) is 6.00. The van der Waals surface area contributed by atoms with Crippen molar-refractivity contribution in [3.63, 3.8) is 0 Å². The largest absolute Gasteiger partial charge is 0.481 e. The van der Waals surface area contributed by atoms with Gasteiger partial charge in [-0.1, -0.05) is 12.1 Å². The molecular weight excluding hydrogens is 349 g/mol. The Hall–Kier alpha value is -1.82. The molecule has 21 heavy (non-hydrogen) atoms. The lowest BCUT2D eigenvalue weighted by Gasteiger charge is -2.14. The molecule has 0 amide bonds. The summed E-state index contributed by atoms with van der Waals surface area (Å²) < 4.78 is 40.6. The normalized spacial score (nSPS) is 12.2. The van der Waals surface area contributed by atoms with E-state index in [0.717, 1.165) is 18.2 Å². The first-order chi connectivity index (χ1) is 9.90. The molecule has 110 valence electrons. The van der Waals surface area contributed by atoms with E-state index in [1.807, 2.05) is 0 Å². The van der Waals surface area contributed by atoms with Crippen molar-refractivity contribution >= 4 is 21.9 Å². The summed E-state index contributed by atoms with van der Waals surface area (Å²) in [6, 6.07) is 7.08. The number of carbonyl (C=O) groups is 1. The van der Waals surface area contributed by atoms with Crippen LogP contribution in [0.25, 0.3) is 0 Å². The van der Waals surface area contributed by atoms with Gasteiger partial charge in [-0.3, -0.25) is 4.79 Å². The summed E-state index contributed by atoms with van der Waals surface area (Å²) in [5.41, 5.74) is -0.0382. The van der Waals surface area contributed by atoms with Gasteiger partial charge >= 0.3 is 5.97 Å². The molecule has 2 rings (SSSR count). The van der Waals surface area contributed by atoms with Crippen LogP contribution in [0.5, 0.6) is 0 Å². The molecule has 0 heterocycles. The molecule has 0 aliphatic carbocycles. The Morgan fingerprint density at radius 1 is 1.10 bits per heavy atom. The number of hydrogen-bond acceptors (Lipinski definition) is 1. The summed E-state index contributed by atoms with van der Waals surface area (Å²) in [6.45, 7) is 0. The molecule has 0 saturated heterocycles. The van der Waals surface area contributed by atoms with E-state index in [9.17, 15) is 23.1 Å². The standard InChI is InChI=1S/C15H10BrF3O2/c16-12-5-6-13(18)11(14(12)19)7-10(15(20)21)8-1-3-9(17)4-2-8/h1-6,10H,7H2,(H,20,21). The second-order valence-corrected chi connectivity index (χ2v) is 5.32. The molecule has 0 aliphatic rings. The van der Waals surface area contributed by atoms with E-state index in [1.165, 1.54) is 18.2 Å². The first kappa shape index (κ1) is 15.6. The summed E-state index contributed by atoms with van der Waals surface area (Å²) in [4.78, 5) is 11.3. The zero-order valence-corrected chi connectivity index (χ0v) is 12.2. The Bertz CT molecular complexity index is 671. The number of hydrogen-bond donors (Lipinski definition) is 1. The zero-order valence-electron chi connectivity index (χ0n) is 10.6. The lowest BCUT2D eigenvalue weighted by atomic mass is 9.91.